The molecule has 1 aliphatic rings. The second-order valence-corrected chi connectivity index (χ2v) is 8.00. The lowest BCUT2D eigenvalue weighted by atomic mass is 9.89. The fourth-order valence-electron chi connectivity index (χ4n) is 2.90. The zero-order valence-electron chi connectivity index (χ0n) is 14.1. The van der Waals surface area contributed by atoms with E-state index in [1.807, 2.05) is 19.1 Å². The molecule has 0 saturated heterocycles. The highest BCUT2D eigenvalue weighted by Gasteiger charge is 2.37. The number of benzene rings is 2. The van der Waals surface area contributed by atoms with Crippen molar-refractivity contribution in [2.45, 2.75) is 29.9 Å². The number of fused-ring (bicyclic) bond motifs is 1. The van der Waals surface area contributed by atoms with Gasteiger partial charge in [0.05, 0.1) is 15.9 Å². The second kappa shape index (κ2) is 6.54. The summed E-state index contributed by atoms with van der Waals surface area (Å²) in [4.78, 5) is 10.1. The molecule has 0 spiro atoms. The van der Waals surface area contributed by atoms with Gasteiger partial charge in [-0.1, -0.05) is 24.8 Å². The Morgan fingerprint density at radius 3 is 2.54 bits per heavy atom. The van der Waals surface area contributed by atoms with Crippen LogP contribution in [-0.4, -0.2) is 18.9 Å². The van der Waals surface area contributed by atoms with Gasteiger partial charge < -0.3 is 4.74 Å². The van der Waals surface area contributed by atoms with E-state index >= 15 is 0 Å². The zero-order valence-corrected chi connectivity index (χ0v) is 14.9. The van der Waals surface area contributed by atoms with E-state index in [1.165, 1.54) is 24.3 Å². The van der Waals surface area contributed by atoms with E-state index < -0.39 is 26.6 Å². The Bertz CT molecular complexity index is 956. The Kier molecular flexibility index (Phi) is 4.55. The fourth-order valence-corrected chi connectivity index (χ4v) is 4.12. The average molecular weight is 374 g/mol. The normalized spacial score (nSPS) is 22.1. The predicted octanol–water partition coefficient (Wildman–Crippen LogP) is 3.34. The Balaban J connectivity index is 1.93. The summed E-state index contributed by atoms with van der Waals surface area (Å²) in [5, 5.41) is 10.7. The summed E-state index contributed by atoms with van der Waals surface area (Å²) in [5.41, 5.74) is -0.145. The quantitative estimate of drug-likeness (QED) is 0.492. The van der Waals surface area contributed by atoms with E-state index in [0.29, 0.717) is 12.2 Å². The molecule has 0 amide bonds. The van der Waals surface area contributed by atoms with Crippen LogP contribution >= 0.6 is 0 Å². The largest absolute Gasteiger partial charge is 0.483 e. The van der Waals surface area contributed by atoms with Crippen molar-refractivity contribution in [2.75, 3.05) is 0 Å². The first kappa shape index (κ1) is 18.1. The standard InChI is InChI=1S/C18H18N2O5S/c1-3-18(2)12-16(15-6-4-5-7-17(15)25-18)19-26(23,24)14-10-8-13(9-11-14)20(21)22/h3-11,16,19H,1,12H2,2H3/t16-,18+/m1/s1. The van der Waals surface area contributed by atoms with Crippen LogP contribution in [0.2, 0.25) is 0 Å². The molecule has 1 aliphatic heterocycles. The van der Waals surface area contributed by atoms with E-state index in [-0.39, 0.29) is 10.6 Å². The van der Waals surface area contributed by atoms with Gasteiger partial charge in [0.25, 0.3) is 5.69 Å². The lowest BCUT2D eigenvalue weighted by Crippen LogP contribution is -2.41. The molecular weight excluding hydrogens is 356 g/mol. The zero-order chi connectivity index (χ0) is 18.9. The Hall–Kier alpha value is -2.71. The fraction of sp³-hybridized carbons (Fsp3) is 0.222. The molecule has 2 aromatic carbocycles. The van der Waals surface area contributed by atoms with Gasteiger partial charge in [0.15, 0.2) is 0 Å². The van der Waals surface area contributed by atoms with Crippen LogP contribution in [0.1, 0.15) is 24.9 Å². The molecule has 0 bridgehead atoms. The first-order valence-electron chi connectivity index (χ1n) is 7.92. The van der Waals surface area contributed by atoms with Crippen molar-refractivity contribution in [3.05, 3.63) is 76.9 Å². The summed E-state index contributed by atoms with van der Waals surface area (Å²) < 4.78 is 34.1. The maximum absolute atomic E-state index is 12.7. The number of rotatable bonds is 5. The average Bonchev–Trinajstić information content (AvgIpc) is 2.61. The molecule has 1 heterocycles. The van der Waals surface area contributed by atoms with Crippen molar-refractivity contribution in [3.8, 4) is 5.75 Å². The molecule has 2 aromatic rings. The number of ether oxygens (including phenoxy) is 1. The third kappa shape index (κ3) is 3.47. The number of nitrogens with one attached hydrogen (secondary N) is 1. The molecule has 0 radical (unpaired) electrons. The number of nitrogens with zero attached hydrogens (tertiary/aromatic N) is 1. The van der Waals surface area contributed by atoms with Gasteiger partial charge in [0, 0.05) is 24.1 Å². The van der Waals surface area contributed by atoms with Gasteiger partial charge in [-0.15, -0.1) is 0 Å². The topological polar surface area (TPSA) is 98.5 Å². The molecule has 26 heavy (non-hydrogen) atoms. The molecule has 2 atom stereocenters. The van der Waals surface area contributed by atoms with Crippen molar-refractivity contribution in [1.29, 1.82) is 0 Å². The molecular formula is C18H18N2O5S. The van der Waals surface area contributed by atoms with E-state index in [2.05, 4.69) is 11.3 Å². The van der Waals surface area contributed by atoms with Crippen molar-refractivity contribution in [2.24, 2.45) is 0 Å². The van der Waals surface area contributed by atoms with Gasteiger partial charge in [-0.25, -0.2) is 13.1 Å². The lowest BCUT2D eigenvalue weighted by molar-refractivity contribution is -0.384. The number of nitro benzene ring substituents is 1. The van der Waals surface area contributed by atoms with Gasteiger partial charge in [-0.2, -0.15) is 0 Å². The van der Waals surface area contributed by atoms with Crippen LogP contribution in [-0.2, 0) is 10.0 Å². The first-order chi connectivity index (χ1) is 12.2. The van der Waals surface area contributed by atoms with Gasteiger partial charge in [0.2, 0.25) is 10.0 Å². The van der Waals surface area contributed by atoms with Crippen LogP contribution in [0.3, 0.4) is 0 Å². The second-order valence-electron chi connectivity index (χ2n) is 6.29. The summed E-state index contributed by atoms with van der Waals surface area (Å²) in [6.07, 6.45) is 2.02. The van der Waals surface area contributed by atoms with E-state index in [9.17, 15) is 18.5 Å². The highest BCUT2D eigenvalue weighted by Crippen LogP contribution is 2.40. The molecule has 7 nitrogen and oxygen atoms in total. The predicted molar refractivity (Wildman–Crippen MR) is 96.4 cm³/mol. The third-order valence-electron chi connectivity index (χ3n) is 4.33. The molecule has 0 aliphatic carbocycles. The molecule has 0 saturated carbocycles. The van der Waals surface area contributed by atoms with Gasteiger partial charge >= 0.3 is 0 Å². The van der Waals surface area contributed by atoms with Crippen molar-refractivity contribution in [1.82, 2.24) is 4.72 Å². The molecule has 1 N–H and O–H groups in total. The monoisotopic (exact) mass is 374 g/mol. The Morgan fingerprint density at radius 2 is 1.92 bits per heavy atom. The summed E-state index contributed by atoms with van der Waals surface area (Å²) in [5.74, 6) is 0.595. The molecule has 0 fully saturated rings. The number of nitro groups is 1. The number of non-ortho nitro benzene ring substituents is 1. The molecule has 8 heteroatoms. The SMILES string of the molecule is C=C[C@@]1(C)C[C@@H](NS(=O)(=O)c2ccc([N+](=O)[O-])cc2)c2ccccc2O1. The minimum atomic E-state index is -3.87. The van der Waals surface area contributed by atoms with Crippen LogP contribution < -0.4 is 9.46 Å². The first-order valence-corrected chi connectivity index (χ1v) is 9.41. The lowest BCUT2D eigenvalue weighted by Gasteiger charge is -2.38. The van der Waals surface area contributed by atoms with Crippen molar-refractivity contribution in [3.63, 3.8) is 0 Å². The van der Waals surface area contributed by atoms with Gasteiger partial charge in [-0.3, -0.25) is 10.1 Å². The minimum Gasteiger partial charge on any atom is -0.483 e. The minimum absolute atomic E-state index is 0.0348. The number of sulfonamides is 1. The maximum Gasteiger partial charge on any atom is 0.269 e. The number of para-hydroxylation sites is 1. The van der Waals surface area contributed by atoms with E-state index in [4.69, 9.17) is 4.74 Å². The summed E-state index contributed by atoms with van der Waals surface area (Å²) >= 11 is 0. The van der Waals surface area contributed by atoms with Crippen LogP contribution in [0.4, 0.5) is 5.69 Å². The molecule has 136 valence electrons. The van der Waals surface area contributed by atoms with Gasteiger partial charge in [-0.05, 0) is 31.2 Å². The van der Waals surface area contributed by atoms with Crippen LogP contribution in [0, 0.1) is 10.1 Å². The molecule has 0 unspecified atom stereocenters. The highest BCUT2D eigenvalue weighted by atomic mass is 32.2. The summed E-state index contributed by atoms with van der Waals surface area (Å²) in [6.45, 7) is 5.61. The molecule has 3 rings (SSSR count). The van der Waals surface area contributed by atoms with E-state index in [0.717, 1.165) is 5.56 Å². The Morgan fingerprint density at radius 1 is 1.27 bits per heavy atom. The van der Waals surface area contributed by atoms with Gasteiger partial charge in [0.1, 0.15) is 11.4 Å². The number of hydrogen-bond donors (Lipinski definition) is 1. The summed E-state index contributed by atoms with van der Waals surface area (Å²) in [7, 11) is -3.87. The van der Waals surface area contributed by atoms with Crippen molar-refractivity contribution < 1.29 is 18.1 Å². The van der Waals surface area contributed by atoms with Crippen LogP contribution in [0.15, 0.2) is 66.1 Å². The van der Waals surface area contributed by atoms with Crippen molar-refractivity contribution >= 4 is 15.7 Å². The highest BCUT2D eigenvalue weighted by molar-refractivity contribution is 7.89. The van der Waals surface area contributed by atoms with Crippen LogP contribution in [0.5, 0.6) is 5.75 Å². The molecule has 0 aromatic heterocycles. The third-order valence-corrected chi connectivity index (χ3v) is 5.82. The number of hydrogen-bond acceptors (Lipinski definition) is 5. The maximum atomic E-state index is 12.7. The van der Waals surface area contributed by atoms with E-state index in [1.54, 1.807) is 18.2 Å². The Labute approximate surface area is 151 Å². The van der Waals surface area contributed by atoms with Crippen LogP contribution in [0.25, 0.3) is 0 Å². The summed E-state index contributed by atoms with van der Waals surface area (Å²) in [6, 6.07) is 11.5. The smallest absolute Gasteiger partial charge is 0.269 e.